The number of methoxy groups -OCH3 is 3. The first-order chi connectivity index (χ1) is 16.4. The second-order valence-corrected chi connectivity index (χ2v) is 16.1. The van der Waals surface area contributed by atoms with Gasteiger partial charge in [0.2, 0.25) is 0 Å². The second-order valence-electron chi connectivity index (χ2n) is 11.3. The Bertz CT molecular complexity index is 971. The molecule has 0 aliphatic heterocycles. The summed E-state index contributed by atoms with van der Waals surface area (Å²) in [6.45, 7) is 10.7. The molecule has 35 heavy (non-hydrogen) atoms. The number of rotatable bonds is 7. The Morgan fingerprint density at radius 2 is 1.29 bits per heavy atom. The summed E-state index contributed by atoms with van der Waals surface area (Å²) >= 11 is 0. The van der Waals surface area contributed by atoms with Crippen molar-refractivity contribution in [2.75, 3.05) is 21.3 Å². The van der Waals surface area contributed by atoms with Crippen LogP contribution in [0.4, 0.5) is 0 Å². The number of esters is 2. The van der Waals surface area contributed by atoms with Crippen molar-refractivity contribution in [3.05, 3.63) is 60.7 Å². The van der Waals surface area contributed by atoms with E-state index in [1.165, 1.54) is 24.6 Å². The largest absolute Gasteiger partial charge is 0.468 e. The average molecular weight is 497 g/mol. The van der Waals surface area contributed by atoms with Crippen molar-refractivity contribution in [1.82, 2.24) is 0 Å². The zero-order valence-electron chi connectivity index (χ0n) is 22.4. The third kappa shape index (κ3) is 4.04. The fraction of sp³-hybridized carbons (Fsp3) is 0.517. The van der Waals surface area contributed by atoms with Crippen LogP contribution < -0.4 is 10.4 Å². The van der Waals surface area contributed by atoms with E-state index in [0.29, 0.717) is 12.5 Å². The average Bonchev–Trinajstić information content (AvgIpc) is 3.07. The molecule has 0 bridgehead atoms. The molecule has 5 nitrogen and oxygen atoms in total. The molecule has 0 aromatic heterocycles. The van der Waals surface area contributed by atoms with Gasteiger partial charge in [-0.1, -0.05) is 106 Å². The van der Waals surface area contributed by atoms with Crippen molar-refractivity contribution in [3.8, 4) is 0 Å². The highest BCUT2D eigenvalue weighted by atomic mass is 28.3. The number of benzene rings is 2. The molecular formula is C29H40O5Si. The van der Waals surface area contributed by atoms with Crippen LogP contribution in [-0.2, 0) is 23.8 Å². The number of carbonyl (C=O) groups is 2. The summed E-state index contributed by atoms with van der Waals surface area (Å²) in [5.41, 5.74) is -2.30. The molecule has 190 valence electrons. The minimum atomic E-state index is -2.60. The van der Waals surface area contributed by atoms with Crippen molar-refractivity contribution in [3.63, 3.8) is 0 Å². The fourth-order valence-electron chi connectivity index (χ4n) is 6.79. The number of carbonyl (C=O) groups excluding carboxylic acids is 2. The SMILES string of the molecule is COC(=O)C1(C(=O)OC)[C@H](C[Si](c2ccccc2)(c2ccccc2)C(C)(C)C)C[C@@H](OC)C1(C)C. The first-order valence-electron chi connectivity index (χ1n) is 12.3. The monoisotopic (exact) mass is 496 g/mol. The van der Waals surface area contributed by atoms with Crippen molar-refractivity contribution < 1.29 is 23.8 Å². The molecule has 0 unspecified atom stereocenters. The summed E-state index contributed by atoms with van der Waals surface area (Å²) in [7, 11) is 1.75. The number of hydrogen-bond donors (Lipinski definition) is 0. The number of ether oxygens (including phenoxy) is 3. The van der Waals surface area contributed by atoms with Crippen molar-refractivity contribution in [2.24, 2.45) is 16.7 Å². The van der Waals surface area contributed by atoms with Crippen LogP contribution in [0.3, 0.4) is 0 Å². The van der Waals surface area contributed by atoms with Crippen LogP contribution in [0, 0.1) is 16.7 Å². The molecule has 2 aromatic carbocycles. The van der Waals surface area contributed by atoms with Crippen LogP contribution in [0.2, 0.25) is 11.1 Å². The maximum absolute atomic E-state index is 13.7. The smallest absolute Gasteiger partial charge is 0.324 e. The van der Waals surface area contributed by atoms with Crippen molar-refractivity contribution in [2.45, 2.75) is 58.2 Å². The molecule has 6 heteroatoms. The van der Waals surface area contributed by atoms with Gasteiger partial charge >= 0.3 is 11.9 Å². The molecule has 0 N–H and O–H groups in total. The highest BCUT2D eigenvalue weighted by Gasteiger charge is 2.72. The van der Waals surface area contributed by atoms with Gasteiger partial charge in [-0.2, -0.15) is 0 Å². The minimum Gasteiger partial charge on any atom is -0.468 e. The third-order valence-electron chi connectivity index (χ3n) is 8.60. The van der Waals surface area contributed by atoms with Crippen LogP contribution >= 0.6 is 0 Å². The molecule has 1 aliphatic carbocycles. The Labute approximate surface area is 211 Å². The topological polar surface area (TPSA) is 61.8 Å². The minimum absolute atomic E-state index is 0.122. The standard InChI is InChI=1S/C29H40O5Si/c1-27(2,3)35(22-15-11-9-12-16-22,23-17-13-10-14-18-23)20-21-19-24(32-6)28(4,5)29(21,25(30)33-7)26(31)34-8/h9-18,21,24H,19-20H2,1-8H3/t21-,24+/m0/s1. The second kappa shape index (κ2) is 9.90. The summed E-state index contributed by atoms with van der Waals surface area (Å²) in [6.07, 6.45) is 0.266. The summed E-state index contributed by atoms with van der Waals surface area (Å²) in [5.74, 6) is -1.41. The molecular weight excluding hydrogens is 456 g/mol. The van der Waals surface area contributed by atoms with Gasteiger partial charge < -0.3 is 14.2 Å². The van der Waals surface area contributed by atoms with Crippen molar-refractivity contribution >= 4 is 30.4 Å². The summed E-state index contributed by atoms with van der Waals surface area (Å²) in [6, 6.07) is 21.9. The van der Waals surface area contributed by atoms with Crippen LogP contribution in [0.15, 0.2) is 60.7 Å². The molecule has 1 fully saturated rings. The van der Waals surface area contributed by atoms with E-state index in [2.05, 4.69) is 69.3 Å². The summed E-state index contributed by atoms with van der Waals surface area (Å²) in [4.78, 5) is 27.3. The molecule has 1 aliphatic rings. The van der Waals surface area contributed by atoms with Gasteiger partial charge in [-0.3, -0.25) is 9.59 Å². The van der Waals surface area contributed by atoms with Gasteiger partial charge in [0.1, 0.15) is 8.07 Å². The van der Waals surface area contributed by atoms with Crippen LogP contribution in [0.1, 0.15) is 41.0 Å². The normalized spacial score (nSPS) is 21.4. The molecule has 0 spiro atoms. The Morgan fingerprint density at radius 1 is 0.857 bits per heavy atom. The Balaban J connectivity index is 2.36. The highest BCUT2D eigenvalue weighted by Crippen LogP contribution is 2.61. The van der Waals surface area contributed by atoms with Crippen LogP contribution in [0.25, 0.3) is 0 Å². The van der Waals surface area contributed by atoms with Gasteiger partial charge in [-0.25, -0.2) is 0 Å². The Hall–Kier alpha value is -2.44. The van der Waals surface area contributed by atoms with Crippen molar-refractivity contribution in [1.29, 1.82) is 0 Å². The van der Waals surface area contributed by atoms with Crippen LogP contribution in [-0.4, -0.2) is 47.4 Å². The molecule has 1 saturated carbocycles. The van der Waals surface area contributed by atoms with E-state index in [1.54, 1.807) is 7.11 Å². The lowest BCUT2D eigenvalue weighted by atomic mass is 9.63. The predicted octanol–water partition coefficient (Wildman–Crippen LogP) is 4.44. The van der Waals surface area contributed by atoms with E-state index in [-0.39, 0.29) is 17.1 Å². The Kier molecular flexibility index (Phi) is 7.68. The zero-order valence-corrected chi connectivity index (χ0v) is 23.4. The van der Waals surface area contributed by atoms with E-state index in [4.69, 9.17) is 14.2 Å². The van der Waals surface area contributed by atoms with Gasteiger partial charge in [0.25, 0.3) is 0 Å². The zero-order chi connectivity index (χ0) is 26.1. The predicted molar refractivity (Wildman–Crippen MR) is 142 cm³/mol. The maximum Gasteiger partial charge on any atom is 0.324 e. The number of hydrogen-bond acceptors (Lipinski definition) is 5. The fourth-order valence-corrected chi connectivity index (χ4v) is 12.7. The molecule has 2 aromatic rings. The Morgan fingerprint density at radius 3 is 1.63 bits per heavy atom. The van der Waals surface area contributed by atoms with E-state index in [1.807, 2.05) is 26.0 Å². The van der Waals surface area contributed by atoms with Crippen LogP contribution in [0.5, 0.6) is 0 Å². The van der Waals surface area contributed by atoms with E-state index in [0.717, 1.165) is 0 Å². The summed E-state index contributed by atoms with van der Waals surface area (Å²) in [5, 5.41) is 2.44. The molecule has 0 heterocycles. The van der Waals surface area contributed by atoms with Gasteiger partial charge in [-0.15, -0.1) is 0 Å². The first kappa shape index (κ1) is 27.1. The van der Waals surface area contributed by atoms with E-state index < -0.39 is 30.8 Å². The molecule has 0 saturated heterocycles. The highest BCUT2D eigenvalue weighted by molar-refractivity contribution is 7.04. The van der Waals surface area contributed by atoms with Gasteiger partial charge in [-0.05, 0) is 23.4 Å². The molecule has 0 amide bonds. The van der Waals surface area contributed by atoms with Gasteiger partial charge in [0, 0.05) is 12.5 Å². The quantitative estimate of drug-likeness (QED) is 0.322. The lowest BCUT2D eigenvalue weighted by Gasteiger charge is -2.48. The van der Waals surface area contributed by atoms with Gasteiger partial charge in [0.05, 0.1) is 20.3 Å². The van der Waals surface area contributed by atoms with E-state index >= 15 is 0 Å². The van der Waals surface area contributed by atoms with Gasteiger partial charge in [0.15, 0.2) is 5.41 Å². The lowest BCUT2D eigenvalue weighted by Crippen LogP contribution is -2.66. The maximum atomic E-state index is 13.7. The first-order valence-corrected chi connectivity index (χ1v) is 14.5. The lowest BCUT2D eigenvalue weighted by molar-refractivity contribution is -0.183. The third-order valence-corrected chi connectivity index (χ3v) is 14.9. The molecule has 2 atom stereocenters. The van der Waals surface area contributed by atoms with E-state index in [9.17, 15) is 9.59 Å². The molecule has 0 radical (unpaired) electrons. The molecule has 3 rings (SSSR count). The summed E-state index contributed by atoms with van der Waals surface area (Å²) < 4.78 is 16.6.